The Kier molecular flexibility index (Phi) is 2.21. The third kappa shape index (κ3) is 1.55. The van der Waals surface area contributed by atoms with Gasteiger partial charge in [-0.15, -0.1) is 12.6 Å². The molecular formula is C9H9NS. The van der Waals surface area contributed by atoms with Crippen LogP contribution in [-0.4, -0.2) is 0 Å². The average Bonchev–Trinajstić information content (AvgIpc) is 1.99. The highest BCUT2D eigenvalue weighted by Gasteiger charge is 1.99. The van der Waals surface area contributed by atoms with Crippen LogP contribution in [0.5, 0.6) is 0 Å². The SMILES string of the molecule is Cc1cc(C#N)cc(C)c1S. The monoisotopic (exact) mass is 163 g/mol. The predicted molar refractivity (Wildman–Crippen MR) is 47.9 cm³/mol. The number of hydrogen-bond acceptors (Lipinski definition) is 2. The molecule has 1 aromatic rings. The third-order valence-corrected chi connectivity index (χ3v) is 2.33. The van der Waals surface area contributed by atoms with Gasteiger partial charge in [0, 0.05) is 4.90 Å². The number of aryl methyl sites for hydroxylation is 2. The summed E-state index contributed by atoms with van der Waals surface area (Å²) in [6.45, 7) is 3.91. The summed E-state index contributed by atoms with van der Waals surface area (Å²) in [7, 11) is 0. The van der Waals surface area contributed by atoms with Gasteiger partial charge in [0.2, 0.25) is 0 Å². The molecule has 0 fully saturated rings. The van der Waals surface area contributed by atoms with E-state index in [1.807, 2.05) is 26.0 Å². The number of rotatable bonds is 0. The summed E-state index contributed by atoms with van der Waals surface area (Å²) >= 11 is 4.29. The topological polar surface area (TPSA) is 23.8 Å². The molecule has 0 unspecified atom stereocenters. The minimum Gasteiger partial charge on any atom is -0.192 e. The first-order valence-electron chi connectivity index (χ1n) is 3.35. The van der Waals surface area contributed by atoms with Gasteiger partial charge in [0.1, 0.15) is 0 Å². The molecule has 0 radical (unpaired) electrons. The molecule has 0 aliphatic heterocycles. The van der Waals surface area contributed by atoms with E-state index in [9.17, 15) is 0 Å². The van der Waals surface area contributed by atoms with Gasteiger partial charge in [0.25, 0.3) is 0 Å². The Morgan fingerprint density at radius 3 is 2.09 bits per heavy atom. The fourth-order valence-corrected chi connectivity index (χ4v) is 1.15. The quantitative estimate of drug-likeness (QED) is 0.583. The maximum Gasteiger partial charge on any atom is 0.0991 e. The fourth-order valence-electron chi connectivity index (χ4n) is 1.02. The molecule has 0 spiro atoms. The zero-order valence-electron chi connectivity index (χ0n) is 6.55. The van der Waals surface area contributed by atoms with Crippen LogP contribution in [0.1, 0.15) is 16.7 Å². The Bertz CT molecular complexity index is 300. The lowest BCUT2D eigenvalue weighted by Crippen LogP contribution is -1.84. The lowest BCUT2D eigenvalue weighted by Gasteiger charge is -2.02. The molecule has 0 aromatic heterocycles. The predicted octanol–water partition coefficient (Wildman–Crippen LogP) is 2.46. The van der Waals surface area contributed by atoms with E-state index < -0.39 is 0 Å². The van der Waals surface area contributed by atoms with Crippen molar-refractivity contribution in [1.82, 2.24) is 0 Å². The standard InChI is InChI=1S/C9H9NS/c1-6-3-8(5-10)4-7(2)9(6)11/h3-4,11H,1-2H3. The first kappa shape index (κ1) is 8.16. The number of hydrogen-bond donors (Lipinski definition) is 1. The van der Waals surface area contributed by atoms with Crippen molar-refractivity contribution in [1.29, 1.82) is 5.26 Å². The van der Waals surface area contributed by atoms with Crippen molar-refractivity contribution in [3.63, 3.8) is 0 Å². The Morgan fingerprint density at radius 1 is 1.27 bits per heavy atom. The lowest BCUT2D eigenvalue weighted by molar-refractivity contribution is 1.21. The van der Waals surface area contributed by atoms with Crippen molar-refractivity contribution in [3.8, 4) is 6.07 Å². The molecule has 0 saturated carbocycles. The van der Waals surface area contributed by atoms with Crippen molar-refractivity contribution in [2.24, 2.45) is 0 Å². The van der Waals surface area contributed by atoms with Gasteiger partial charge in [0.15, 0.2) is 0 Å². The van der Waals surface area contributed by atoms with Crippen molar-refractivity contribution >= 4 is 12.6 Å². The molecule has 1 aromatic carbocycles. The molecule has 0 amide bonds. The molecule has 0 saturated heterocycles. The fraction of sp³-hybridized carbons (Fsp3) is 0.222. The highest BCUT2D eigenvalue weighted by molar-refractivity contribution is 7.80. The van der Waals surface area contributed by atoms with Crippen molar-refractivity contribution < 1.29 is 0 Å². The summed E-state index contributed by atoms with van der Waals surface area (Å²) in [4.78, 5) is 0.976. The van der Waals surface area contributed by atoms with Crippen molar-refractivity contribution in [2.75, 3.05) is 0 Å². The van der Waals surface area contributed by atoms with E-state index in [0.717, 1.165) is 16.0 Å². The first-order chi connectivity index (χ1) is 5.15. The van der Waals surface area contributed by atoms with Gasteiger partial charge in [-0.25, -0.2) is 0 Å². The van der Waals surface area contributed by atoms with Gasteiger partial charge in [-0.1, -0.05) is 0 Å². The number of nitrogens with zero attached hydrogens (tertiary/aromatic N) is 1. The van der Waals surface area contributed by atoms with Gasteiger partial charge in [-0.05, 0) is 37.1 Å². The second-order valence-electron chi connectivity index (χ2n) is 2.57. The molecule has 0 aliphatic rings. The first-order valence-corrected chi connectivity index (χ1v) is 3.80. The van der Waals surface area contributed by atoms with Crippen LogP contribution >= 0.6 is 12.6 Å². The molecule has 56 valence electrons. The third-order valence-electron chi connectivity index (χ3n) is 1.62. The van der Waals surface area contributed by atoms with Crippen molar-refractivity contribution in [2.45, 2.75) is 18.7 Å². The zero-order chi connectivity index (χ0) is 8.43. The van der Waals surface area contributed by atoms with Crippen molar-refractivity contribution in [3.05, 3.63) is 28.8 Å². The van der Waals surface area contributed by atoms with Crippen LogP contribution in [0, 0.1) is 25.2 Å². The van der Waals surface area contributed by atoms with Gasteiger partial charge < -0.3 is 0 Å². The summed E-state index contributed by atoms with van der Waals surface area (Å²) in [5.41, 5.74) is 2.83. The summed E-state index contributed by atoms with van der Waals surface area (Å²) in [6.07, 6.45) is 0. The van der Waals surface area contributed by atoms with Crippen LogP contribution in [0.25, 0.3) is 0 Å². The zero-order valence-corrected chi connectivity index (χ0v) is 7.44. The van der Waals surface area contributed by atoms with E-state index in [4.69, 9.17) is 5.26 Å². The van der Waals surface area contributed by atoms with Gasteiger partial charge >= 0.3 is 0 Å². The largest absolute Gasteiger partial charge is 0.192 e. The molecule has 1 rings (SSSR count). The second kappa shape index (κ2) is 2.98. The molecule has 2 heteroatoms. The summed E-state index contributed by atoms with van der Waals surface area (Å²) < 4.78 is 0. The lowest BCUT2D eigenvalue weighted by atomic mass is 10.1. The van der Waals surface area contributed by atoms with Gasteiger partial charge in [0.05, 0.1) is 11.6 Å². The van der Waals surface area contributed by atoms with Crippen LogP contribution in [0.4, 0.5) is 0 Å². The van der Waals surface area contributed by atoms with Crippen LogP contribution in [0.15, 0.2) is 17.0 Å². The van der Waals surface area contributed by atoms with Crippen LogP contribution in [0.3, 0.4) is 0 Å². The number of thiol groups is 1. The van der Waals surface area contributed by atoms with E-state index in [1.54, 1.807) is 0 Å². The minimum absolute atomic E-state index is 0.706. The van der Waals surface area contributed by atoms with E-state index >= 15 is 0 Å². The molecule has 11 heavy (non-hydrogen) atoms. The van der Waals surface area contributed by atoms with Gasteiger partial charge in [-0.3, -0.25) is 0 Å². The normalized spacial score (nSPS) is 9.27. The van der Waals surface area contributed by atoms with E-state index in [1.165, 1.54) is 0 Å². The summed E-state index contributed by atoms with van der Waals surface area (Å²) in [5.74, 6) is 0. The number of nitriles is 1. The molecular weight excluding hydrogens is 154 g/mol. The molecule has 1 nitrogen and oxygen atoms in total. The smallest absolute Gasteiger partial charge is 0.0991 e. The maximum absolute atomic E-state index is 8.60. The minimum atomic E-state index is 0.706. The Balaban J connectivity index is 3.35. The Labute approximate surface area is 72.1 Å². The van der Waals surface area contributed by atoms with Crippen LogP contribution in [-0.2, 0) is 0 Å². The van der Waals surface area contributed by atoms with E-state index in [-0.39, 0.29) is 0 Å². The average molecular weight is 163 g/mol. The van der Waals surface area contributed by atoms with Gasteiger partial charge in [-0.2, -0.15) is 5.26 Å². The molecule has 0 heterocycles. The Morgan fingerprint density at radius 2 is 1.73 bits per heavy atom. The van der Waals surface area contributed by atoms with E-state index in [2.05, 4.69) is 18.7 Å². The molecule has 0 aliphatic carbocycles. The number of benzene rings is 1. The molecule has 0 bridgehead atoms. The highest BCUT2D eigenvalue weighted by Crippen LogP contribution is 2.19. The summed E-state index contributed by atoms with van der Waals surface area (Å²) in [6, 6.07) is 5.79. The maximum atomic E-state index is 8.60. The summed E-state index contributed by atoms with van der Waals surface area (Å²) in [5, 5.41) is 8.60. The second-order valence-corrected chi connectivity index (χ2v) is 3.02. The molecule has 0 N–H and O–H groups in total. The van der Waals surface area contributed by atoms with Crippen LogP contribution in [0.2, 0.25) is 0 Å². The highest BCUT2D eigenvalue weighted by atomic mass is 32.1. The Hall–Kier alpha value is -0.940. The molecule has 0 atom stereocenters. The van der Waals surface area contributed by atoms with E-state index in [0.29, 0.717) is 5.56 Å². The van der Waals surface area contributed by atoms with Crippen LogP contribution < -0.4 is 0 Å².